The Kier molecular flexibility index (Phi) is 7.98. The summed E-state index contributed by atoms with van der Waals surface area (Å²) in [7, 11) is 7.10. The summed E-state index contributed by atoms with van der Waals surface area (Å²) in [6.45, 7) is 0. The normalized spacial score (nSPS) is 15.4. The lowest BCUT2D eigenvalue weighted by atomic mass is 9.94. The monoisotopic (exact) mass is 542 g/mol. The number of rotatable bonds is 7. The zero-order valence-corrected chi connectivity index (χ0v) is 23.3. The van der Waals surface area contributed by atoms with Gasteiger partial charge in [0.25, 0.3) is 0 Å². The van der Waals surface area contributed by atoms with Gasteiger partial charge in [0, 0.05) is 48.9 Å². The van der Waals surface area contributed by atoms with Gasteiger partial charge >= 0.3 is 6.09 Å². The number of methoxy groups -OCH3 is 2. The molecule has 210 valence electrons. The number of ether oxygens (including phenoxy) is 2. The fraction of sp³-hybridized carbons (Fsp3) is 0.281. The molecule has 0 saturated carbocycles. The fourth-order valence-electron chi connectivity index (χ4n) is 5.31. The van der Waals surface area contributed by atoms with Crippen molar-refractivity contribution in [2.75, 3.05) is 33.6 Å². The lowest BCUT2D eigenvalue weighted by Gasteiger charge is -2.21. The molecule has 1 amide bonds. The second kappa shape index (κ2) is 11.8. The van der Waals surface area contributed by atoms with Crippen LogP contribution in [-0.4, -0.2) is 61.1 Å². The van der Waals surface area contributed by atoms with E-state index in [9.17, 15) is 9.59 Å². The number of H-pyrrole nitrogens is 1. The summed E-state index contributed by atoms with van der Waals surface area (Å²) in [6, 6.07) is 15.8. The number of amides is 1. The predicted octanol–water partition coefficient (Wildman–Crippen LogP) is 7.19. The number of aromatic nitrogens is 2. The highest BCUT2D eigenvalue weighted by Gasteiger charge is 2.23. The standard InChI is InChI=1S/C32H34N4O4.2H2/c1-36(2)23-9-7-8-20(12-14-23)30(37)26-16-21(13-15-28(26)35-32(38)40-4)22-17-25-27(19-34-31(25)33-18-22)24-10-5-6-11-29(24)39-3;;/h5-6,10-13,15-19,23H,7-9,14H2,1-4H3,(H,33,34)(H,35,38);2*1H. The Morgan fingerprint density at radius 2 is 1.90 bits per heavy atom. The Morgan fingerprint density at radius 3 is 2.67 bits per heavy atom. The zero-order chi connectivity index (χ0) is 28.2. The molecule has 0 radical (unpaired) electrons. The van der Waals surface area contributed by atoms with E-state index in [0.717, 1.165) is 63.9 Å². The molecule has 2 heterocycles. The number of aromatic amines is 1. The number of nitrogens with zero attached hydrogens (tertiary/aromatic N) is 2. The first kappa shape index (κ1) is 27.1. The van der Waals surface area contributed by atoms with E-state index >= 15 is 0 Å². The molecule has 1 aliphatic carbocycles. The summed E-state index contributed by atoms with van der Waals surface area (Å²) in [5, 5.41) is 3.66. The molecule has 1 unspecified atom stereocenters. The maximum Gasteiger partial charge on any atom is 0.411 e. The third-order valence-corrected chi connectivity index (χ3v) is 7.59. The molecule has 1 atom stereocenters. The van der Waals surface area contributed by atoms with Crippen molar-refractivity contribution in [2.45, 2.75) is 31.7 Å². The molecule has 0 aliphatic heterocycles. The number of allylic oxidation sites excluding steroid dienone is 1. The van der Waals surface area contributed by atoms with Crippen molar-refractivity contribution in [2.24, 2.45) is 0 Å². The van der Waals surface area contributed by atoms with Crippen LogP contribution in [0.3, 0.4) is 0 Å². The van der Waals surface area contributed by atoms with Gasteiger partial charge in [-0.25, -0.2) is 9.78 Å². The molecule has 0 saturated heterocycles. The number of fused-ring (bicyclic) bond motifs is 1. The lowest BCUT2D eigenvalue weighted by molar-refractivity contribution is 0.103. The largest absolute Gasteiger partial charge is 0.496 e. The second-order valence-electron chi connectivity index (χ2n) is 10.2. The molecule has 0 spiro atoms. The van der Waals surface area contributed by atoms with Gasteiger partial charge in [-0.2, -0.15) is 0 Å². The van der Waals surface area contributed by atoms with Crippen LogP contribution in [0.2, 0.25) is 0 Å². The Bertz CT molecular complexity index is 1600. The smallest absolute Gasteiger partial charge is 0.411 e. The molecule has 2 aromatic carbocycles. The molecule has 5 rings (SSSR count). The number of hydrogen-bond acceptors (Lipinski definition) is 6. The predicted molar refractivity (Wildman–Crippen MR) is 162 cm³/mol. The minimum Gasteiger partial charge on any atom is -0.496 e. The molecular weight excluding hydrogens is 504 g/mol. The zero-order valence-electron chi connectivity index (χ0n) is 23.3. The molecule has 2 N–H and O–H groups in total. The van der Waals surface area contributed by atoms with Crippen LogP contribution in [0, 0.1) is 0 Å². The summed E-state index contributed by atoms with van der Waals surface area (Å²) in [6.07, 6.45) is 8.62. The summed E-state index contributed by atoms with van der Waals surface area (Å²) in [5.41, 5.74) is 5.97. The number of para-hydroxylation sites is 1. The molecule has 0 fully saturated rings. The first-order valence-corrected chi connectivity index (χ1v) is 13.4. The Morgan fingerprint density at radius 1 is 1.07 bits per heavy atom. The van der Waals surface area contributed by atoms with Crippen molar-refractivity contribution in [3.63, 3.8) is 0 Å². The molecule has 2 aromatic heterocycles. The SMILES string of the molecule is COC(=O)Nc1ccc(-c2cnc3[nH]cc(-c4ccccc4OC)c3c2)cc1C(=O)C1=CCC(N(C)C)CCC1.[HH].[HH]. The van der Waals surface area contributed by atoms with Gasteiger partial charge in [-0.1, -0.05) is 30.3 Å². The molecular formula is C32H38N4O4. The average Bonchev–Trinajstić information content (AvgIpc) is 3.23. The number of nitrogens with one attached hydrogen (secondary N) is 2. The first-order valence-electron chi connectivity index (χ1n) is 13.4. The van der Waals surface area contributed by atoms with Crippen molar-refractivity contribution in [1.82, 2.24) is 14.9 Å². The minimum atomic E-state index is -0.624. The Labute approximate surface area is 237 Å². The number of anilines is 1. The Hall–Kier alpha value is -4.43. The number of benzene rings is 2. The average molecular weight is 543 g/mol. The van der Waals surface area contributed by atoms with E-state index in [-0.39, 0.29) is 8.64 Å². The number of carbonyl (C=O) groups excluding carboxylic acids is 2. The van der Waals surface area contributed by atoms with Gasteiger partial charge in [0.1, 0.15) is 11.4 Å². The number of pyridine rings is 1. The van der Waals surface area contributed by atoms with Gasteiger partial charge in [-0.05, 0) is 75.2 Å². The van der Waals surface area contributed by atoms with E-state index in [1.165, 1.54) is 7.11 Å². The second-order valence-corrected chi connectivity index (χ2v) is 10.2. The third-order valence-electron chi connectivity index (χ3n) is 7.59. The van der Waals surface area contributed by atoms with E-state index < -0.39 is 6.09 Å². The van der Waals surface area contributed by atoms with Crippen LogP contribution in [-0.2, 0) is 4.74 Å². The van der Waals surface area contributed by atoms with Crippen LogP contribution in [0.4, 0.5) is 10.5 Å². The van der Waals surface area contributed by atoms with E-state index in [4.69, 9.17) is 9.47 Å². The highest BCUT2D eigenvalue weighted by atomic mass is 16.5. The van der Waals surface area contributed by atoms with E-state index in [1.807, 2.05) is 42.6 Å². The van der Waals surface area contributed by atoms with Gasteiger partial charge < -0.3 is 19.4 Å². The Balaban J connectivity index is 0.00000242. The van der Waals surface area contributed by atoms with Gasteiger partial charge in [-0.15, -0.1) is 0 Å². The highest BCUT2D eigenvalue weighted by molar-refractivity contribution is 6.14. The van der Waals surface area contributed by atoms with Crippen LogP contribution in [0.25, 0.3) is 33.3 Å². The summed E-state index contributed by atoms with van der Waals surface area (Å²) in [5.74, 6) is 0.686. The van der Waals surface area contributed by atoms with Crippen LogP contribution in [0.5, 0.6) is 5.75 Å². The van der Waals surface area contributed by atoms with Crippen LogP contribution in [0.1, 0.15) is 38.9 Å². The molecule has 8 heteroatoms. The molecule has 40 heavy (non-hydrogen) atoms. The van der Waals surface area contributed by atoms with Crippen molar-refractivity contribution >= 4 is 28.6 Å². The lowest BCUT2D eigenvalue weighted by Crippen LogP contribution is -2.26. The number of carbonyl (C=O) groups is 2. The van der Waals surface area contributed by atoms with Crippen LogP contribution in [0.15, 0.2) is 72.6 Å². The van der Waals surface area contributed by atoms with Gasteiger partial charge in [0.2, 0.25) is 0 Å². The molecule has 8 nitrogen and oxygen atoms in total. The van der Waals surface area contributed by atoms with E-state index in [2.05, 4.69) is 46.4 Å². The molecule has 4 aromatic rings. The van der Waals surface area contributed by atoms with Crippen molar-refractivity contribution in [3.05, 3.63) is 78.1 Å². The van der Waals surface area contributed by atoms with E-state index in [1.54, 1.807) is 19.4 Å². The third kappa shape index (κ3) is 5.49. The van der Waals surface area contributed by atoms with Crippen LogP contribution >= 0.6 is 0 Å². The number of hydrogen-bond donors (Lipinski definition) is 2. The summed E-state index contributed by atoms with van der Waals surface area (Å²) >= 11 is 0. The van der Waals surface area contributed by atoms with Gasteiger partial charge in [-0.3, -0.25) is 10.1 Å². The first-order chi connectivity index (χ1) is 19.4. The quantitative estimate of drug-likeness (QED) is 0.240. The van der Waals surface area contributed by atoms with Gasteiger partial charge in [0.05, 0.1) is 19.9 Å². The topological polar surface area (TPSA) is 96.5 Å². The molecule has 1 aliphatic rings. The van der Waals surface area contributed by atoms with Gasteiger partial charge in [0.15, 0.2) is 5.78 Å². The van der Waals surface area contributed by atoms with Crippen molar-refractivity contribution < 1.29 is 21.9 Å². The maximum absolute atomic E-state index is 13.9. The van der Waals surface area contributed by atoms with E-state index in [0.29, 0.717) is 23.7 Å². The van der Waals surface area contributed by atoms with Crippen molar-refractivity contribution in [1.29, 1.82) is 0 Å². The number of Topliss-reactive ketones (excluding diaryl/α,β-unsaturated/α-hetero) is 1. The molecule has 0 bridgehead atoms. The number of ketones is 1. The minimum absolute atomic E-state index is 0. The summed E-state index contributed by atoms with van der Waals surface area (Å²) in [4.78, 5) is 36.1. The fourth-order valence-corrected chi connectivity index (χ4v) is 5.31. The highest BCUT2D eigenvalue weighted by Crippen LogP contribution is 2.37. The maximum atomic E-state index is 13.9. The summed E-state index contributed by atoms with van der Waals surface area (Å²) < 4.78 is 10.4. The van der Waals surface area contributed by atoms with Crippen LogP contribution < -0.4 is 10.1 Å². The van der Waals surface area contributed by atoms with Crippen molar-refractivity contribution in [3.8, 4) is 28.0 Å².